The van der Waals surface area contributed by atoms with Gasteiger partial charge >= 0.3 is 0 Å². The van der Waals surface area contributed by atoms with Crippen LogP contribution in [-0.2, 0) is 10.8 Å². The predicted octanol–water partition coefficient (Wildman–Crippen LogP) is 0.440. The first kappa shape index (κ1) is 15.0. The summed E-state index contributed by atoms with van der Waals surface area (Å²) < 4.78 is 16.9. The topological polar surface area (TPSA) is 55.6 Å². The van der Waals surface area contributed by atoms with Crippen molar-refractivity contribution in [1.82, 2.24) is 4.90 Å². The molecule has 2 N–H and O–H groups in total. The minimum atomic E-state index is -0.612. The molecule has 1 heterocycles. The molecular weight excluding hydrogens is 272 g/mol. The molecule has 4 nitrogen and oxygen atoms in total. The van der Waals surface area contributed by atoms with Gasteiger partial charge in [-0.05, 0) is 24.3 Å². The van der Waals surface area contributed by atoms with Crippen molar-refractivity contribution in [3.05, 3.63) is 29.8 Å². The Kier molecular flexibility index (Phi) is 6.06. The third-order valence-electron chi connectivity index (χ3n) is 3.14. The predicted molar refractivity (Wildman–Crippen MR) is 82.2 cm³/mol. The summed E-state index contributed by atoms with van der Waals surface area (Å²) in [6.45, 7) is 3.72. The molecule has 0 atom stereocenters. The van der Waals surface area contributed by atoms with E-state index in [2.05, 4.69) is 16.7 Å². The highest BCUT2D eigenvalue weighted by Gasteiger charge is 2.14. The molecule has 0 unspecified atom stereocenters. The number of nitrogens with zero attached hydrogens (tertiary/aromatic N) is 1. The Balaban J connectivity index is 1.72. The summed E-state index contributed by atoms with van der Waals surface area (Å²) >= 11 is 0. The summed E-state index contributed by atoms with van der Waals surface area (Å²) in [5.74, 6) is 8.22. The van der Waals surface area contributed by atoms with Gasteiger partial charge in [-0.1, -0.05) is 11.8 Å². The van der Waals surface area contributed by atoms with Crippen LogP contribution in [0.5, 0.6) is 5.75 Å². The fourth-order valence-electron chi connectivity index (χ4n) is 1.98. The first-order valence-corrected chi connectivity index (χ1v) is 8.26. The zero-order valence-corrected chi connectivity index (χ0v) is 12.3. The van der Waals surface area contributed by atoms with Gasteiger partial charge < -0.3 is 10.5 Å². The molecule has 5 heteroatoms. The van der Waals surface area contributed by atoms with Crippen LogP contribution in [0.1, 0.15) is 5.56 Å². The summed E-state index contributed by atoms with van der Waals surface area (Å²) in [5.41, 5.74) is 6.28. The Morgan fingerprint density at radius 1 is 1.25 bits per heavy atom. The molecule has 1 aromatic carbocycles. The fourth-order valence-corrected chi connectivity index (χ4v) is 3.11. The maximum Gasteiger partial charge on any atom is 0.119 e. The molecular formula is C15H20N2O2S. The summed E-state index contributed by atoms with van der Waals surface area (Å²) in [4.78, 5) is 2.29. The monoisotopic (exact) mass is 292 g/mol. The smallest absolute Gasteiger partial charge is 0.119 e. The molecule has 1 fully saturated rings. The minimum absolute atomic E-state index is 0.374. The van der Waals surface area contributed by atoms with E-state index in [9.17, 15) is 4.21 Å². The molecule has 1 aliphatic heterocycles. The van der Waals surface area contributed by atoms with Crippen molar-refractivity contribution < 1.29 is 8.95 Å². The fraction of sp³-hybridized carbons (Fsp3) is 0.467. The Bertz CT molecular complexity index is 495. The SMILES string of the molecule is NCC#Cc1ccc(OCCN2CCS(=O)CC2)cc1. The number of benzene rings is 1. The molecule has 0 spiro atoms. The quantitative estimate of drug-likeness (QED) is 0.818. The highest BCUT2D eigenvalue weighted by atomic mass is 32.2. The molecule has 0 aromatic heterocycles. The van der Waals surface area contributed by atoms with Crippen LogP contribution in [0.3, 0.4) is 0 Å². The summed E-state index contributed by atoms with van der Waals surface area (Å²) in [6.07, 6.45) is 0. The molecule has 108 valence electrons. The molecule has 0 aliphatic carbocycles. The van der Waals surface area contributed by atoms with Crippen molar-refractivity contribution in [1.29, 1.82) is 0 Å². The molecule has 0 amide bonds. The summed E-state index contributed by atoms with van der Waals surface area (Å²) in [6, 6.07) is 7.71. The highest BCUT2D eigenvalue weighted by Crippen LogP contribution is 2.11. The van der Waals surface area contributed by atoms with Crippen LogP contribution in [0.25, 0.3) is 0 Å². The van der Waals surface area contributed by atoms with Gasteiger partial charge in [0, 0.05) is 47.5 Å². The second-order valence-electron chi connectivity index (χ2n) is 4.57. The van der Waals surface area contributed by atoms with Crippen molar-refractivity contribution >= 4 is 10.8 Å². The molecule has 1 aromatic rings. The molecule has 20 heavy (non-hydrogen) atoms. The van der Waals surface area contributed by atoms with E-state index in [0.717, 1.165) is 42.5 Å². The average Bonchev–Trinajstić information content (AvgIpc) is 2.48. The van der Waals surface area contributed by atoms with Gasteiger partial charge in [0.05, 0.1) is 6.54 Å². The van der Waals surface area contributed by atoms with Gasteiger partial charge in [-0.15, -0.1) is 0 Å². The lowest BCUT2D eigenvalue weighted by Crippen LogP contribution is -2.39. The minimum Gasteiger partial charge on any atom is -0.492 e. The number of nitrogens with two attached hydrogens (primary N) is 1. The van der Waals surface area contributed by atoms with Crippen LogP contribution in [0, 0.1) is 11.8 Å². The van der Waals surface area contributed by atoms with E-state index < -0.39 is 10.8 Å². The Morgan fingerprint density at radius 2 is 1.95 bits per heavy atom. The van der Waals surface area contributed by atoms with Crippen LogP contribution in [0.2, 0.25) is 0 Å². The van der Waals surface area contributed by atoms with Crippen LogP contribution in [0.15, 0.2) is 24.3 Å². The van der Waals surface area contributed by atoms with Crippen molar-refractivity contribution in [2.75, 3.05) is 44.3 Å². The zero-order valence-electron chi connectivity index (χ0n) is 11.5. The number of rotatable bonds is 4. The lowest BCUT2D eigenvalue weighted by molar-refractivity contribution is 0.221. The maximum absolute atomic E-state index is 11.2. The normalized spacial score (nSPS) is 16.4. The lowest BCUT2D eigenvalue weighted by Gasteiger charge is -2.25. The average molecular weight is 292 g/mol. The van der Waals surface area contributed by atoms with Crippen molar-refractivity contribution in [3.8, 4) is 17.6 Å². The van der Waals surface area contributed by atoms with Gasteiger partial charge in [-0.3, -0.25) is 9.11 Å². The second-order valence-corrected chi connectivity index (χ2v) is 6.26. The van der Waals surface area contributed by atoms with Crippen LogP contribution in [0.4, 0.5) is 0 Å². The highest BCUT2D eigenvalue weighted by molar-refractivity contribution is 7.85. The first-order chi connectivity index (χ1) is 9.78. The van der Waals surface area contributed by atoms with E-state index >= 15 is 0 Å². The second kappa shape index (κ2) is 8.05. The van der Waals surface area contributed by atoms with E-state index in [4.69, 9.17) is 10.5 Å². The van der Waals surface area contributed by atoms with Gasteiger partial charge in [0.15, 0.2) is 0 Å². The molecule has 1 saturated heterocycles. The van der Waals surface area contributed by atoms with E-state index in [1.807, 2.05) is 24.3 Å². The van der Waals surface area contributed by atoms with Crippen LogP contribution in [-0.4, -0.2) is 53.4 Å². The van der Waals surface area contributed by atoms with E-state index in [0.29, 0.717) is 13.2 Å². The molecule has 2 rings (SSSR count). The number of ether oxygens (including phenoxy) is 1. The molecule has 0 radical (unpaired) electrons. The molecule has 1 aliphatic rings. The molecule has 0 saturated carbocycles. The van der Waals surface area contributed by atoms with Crippen molar-refractivity contribution in [2.45, 2.75) is 0 Å². The van der Waals surface area contributed by atoms with Gasteiger partial charge in [0.25, 0.3) is 0 Å². The Labute approximate surface area is 122 Å². The molecule has 0 bridgehead atoms. The van der Waals surface area contributed by atoms with Gasteiger partial charge in [-0.25, -0.2) is 0 Å². The largest absolute Gasteiger partial charge is 0.492 e. The summed E-state index contributed by atoms with van der Waals surface area (Å²) in [7, 11) is -0.612. The lowest BCUT2D eigenvalue weighted by atomic mass is 10.2. The Hall–Kier alpha value is -1.35. The van der Waals surface area contributed by atoms with Crippen molar-refractivity contribution in [3.63, 3.8) is 0 Å². The Morgan fingerprint density at radius 3 is 2.60 bits per heavy atom. The van der Waals surface area contributed by atoms with Gasteiger partial charge in [0.1, 0.15) is 12.4 Å². The van der Waals surface area contributed by atoms with Gasteiger partial charge in [-0.2, -0.15) is 0 Å². The van der Waals surface area contributed by atoms with Crippen molar-refractivity contribution in [2.24, 2.45) is 5.73 Å². The van der Waals surface area contributed by atoms with Gasteiger partial charge in [0.2, 0.25) is 0 Å². The van der Waals surface area contributed by atoms with E-state index in [1.165, 1.54) is 0 Å². The third kappa shape index (κ3) is 4.97. The third-order valence-corrected chi connectivity index (χ3v) is 4.41. The first-order valence-electron chi connectivity index (χ1n) is 6.77. The standard InChI is InChI=1S/C15H20N2O2S/c16-7-1-2-14-3-5-15(6-4-14)19-11-8-17-9-12-20(18)13-10-17/h3-6H,7-13,16H2. The van der Waals surface area contributed by atoms with E-state index in [-0.39, 0.29) is 0 Å². The number of hydrogen-bond donors (Lipinski definition) is 1. The van der Waals surface area contributed by atoms with Crippen LogP contribution < -0.4 is 10.5 Å². The van der Waals surface area contributed by atoms with Crippen LogP contribution >= 0.6 is 0 Å². The number of hydrogen-bond acceptors (Lipinski definition) is 4. The van der Waals surface area contributed by atoms with E-state index in [1.54, 1.807) is 0 Å². The maximum atomic E-state index is 11.2. The zero-order chi connectivity index (χ0) is 14.2. The summed E-state index contributed by atoms with van der Waals surface area (Å²) in [5, 5.41) is 0.